The average Bonchev–Trinajstić information content (AvgIpc) is 3.47. The summed E-state index contributed by atoms with van der Waals surface area (Å²) in [7, 11) is -3.66. The predicted octanol–water partition coefficient (Wildman–Crippen LogP) is 4.23. The number of nitrogens with zero attached hydrogens (tertiary/aromatic N) is 2. The summed E-state index contributed by atoms with van der Waals surface area (Å²) >= 11 is 1.11. The second-order valence-corrected chi connectivity index (χ2v) is 9.63. The molecule has 0 saturated heterocycles. The molecular formula is C21H17FN4O4S2. The van der Waals surface area contributed by atoms with E-state index < -0.39 is 22.0 Å². The number of amides is 1. The highest BCUT2D eigenvalue weighted by Crippen LogP contribution is 2.22. The maximum absolute atomic E-state index is 13.1. The van der Waals surface area contributed by atoms with Crippen molar-refractivity contribution in [1.29, 1.82) is 0 Å². The van der Waals surface area contributed by atoms with Crippen molar-refractivity contribution in [3.05, 3.63) is 83.3 Å². The van der Waals surface area contributed by atoms with Crippen LogP contribution in [-0.2, 0) is 10.0 Å². The molecule has 0 saturated carbocycles. The second-order valence-electron chi connectivity index (χ2n) is 6.77. The number of nitrogens with one attached hydrogen (secondary N) is 2. The minimum Gasteiger partial charge on any atom is -0.341 e. The van der Waals surface area contributed by atoms with Crippen LogP contribution in [0, 0.1) is 5.82 Å². The molecule has 4 aromatic rings. The first-order valence-electron chi connectivity index (χ1n) is 9.38. The summed E-state index contributed by atoms with van der Waals surface area (Å²) in [6.45, 7) is 1.68. The minimum atomic E-state index is -3.66. The van der Waals surface area contributed by atoms with Gasteiger partial charge in [0.25, 0.3) is 15.9 Å². The number of carbonyl (C=O) groups excluding carboxylic acids is 1. The molecule has 0 spiro atoms. The lowest BCUT2D eigenvalue weighted by Crippen LogP contribution is -2.26. The van der Waals surface area contributed by atoms with E-state index in [1.165, 1.54) is 54.6 Å². The Balaban J connectivity index is 1.40. The first kappa shape index (κ1) is 21.7. The summed E-state index contributed by atoms with van der Waals surface area (Å²) in [6.07, 6.45) is 0. The number of sulfonamides is 1. The fourth-order valence-corrected chi connectivity index (χ4v) is 4.83. The molecule has 2 heterocycles. The summed E-state index contributed by atoms with van der Waals surface area (Å²) < 4.78 is 45.5. The van der Waals surface area contributed by atoms with E-state index in [0.29, 0.717) is 16.8 Å². The van der Waals surface area contributed by atoms with E-state index in [1.807, 2.05) is 0 Å². The molecule has 0 radical (unpaired) electrons. The van der Waals surface area contributed by atoms with E-state index in [4.69, 9.17) is 4.52 Å². The van der Waals surface area contributed by atoms with Crippen LogP contribution < -0.4 is 10.0 Å². The van der Waals surface area contributed by atoms with Gasteiger partial charge in [-0.25, -0.2) is 12.8 Å². The summed E-state index contributed by atoms with van der Waals surface area (Å²) in [5.41, 5.74) is 1.25. The van der Waals surface area contributed by atoms with Crippen LogP contribution in [0.1, 0.15) is 29.2 Å². The average molecular weight is 473 g/mol. The van der Waals surface area contributed by atoms with E-state index >= 15 is 0 Å². The Morgan fingerprint density at radius 2 is 1.81 bits per heavy atom. The third kappa shape index (κ3) is 4.84. The first-order valence-corrected chi connectivity index (χ1v) is 11.7. The highest BCUT2D eigenvalue weighted by molar-refractivity contribution is 7.94. The van der Waals surface area contributed by atoms with Crippen LogP contribution in [0.2, 0.25) is 0 Å². The number of rotatable bonds is 7. The summed E-state index contributed by atoms with van der Waals surface area (Å²) in [6, 6.07) is 14.2. The van der Waals surface area contributed by atoms with E-state index in [2.05, 4.69) is 20.2 Å². The van der Waals surface area contributed by atoms with Gasteiger partial charge in [0.1, 0.15) is 16.1 Å². The highest BCUT2D eigenvalue weighted by atomic mass is 32.2. The topological polar surface area (TPSA) is 114 Å². The standard InChI is InChI=1S/C21H17FN4O4S2/c1-13(21-24-19(25-30-21)14-4-8-16(22)9-5-14)23-20(27)15-6-10-17(11-7-15)26-32(28,29)18-3-2-12-31-18/h2-13,26H,1H3,(H,23,27). The maximum Gasteiger partial charge on any atom is 0.271 e. The van der Waals surface area contributed by atoms with Gasteiger partial charge in [0, 0.05) is 16.8 Å². The lowest BCUT2D eigenvalue weighted by atomic mass is 10.2. The Morgan fingerprint density at radius 3 is 2.47 bits per heavy atom. The lowest BCUT2D eigenvalue weighted by Gasteiger charge is -2.11. The fraction of sp³-hybridized carbons (Fsp3) is 0.0952. The summed E-state index contributed by atoms with van der Waals surface area (Å²) in [5, 5.41) is 8.28. The zero-order valence-electron chi connectivity index (χ0n) is 16.7. The van der Waals surface area contributed by atoms with Crippen LogP contribution in [0.25, 0.3) is 11.4 Å². The monoisotopic (exact) mass is 472 g/mol. The number of benzene rings is 2. The molecule has 0 aliphatic rings. The van der Waals surface area contributed by atoms with Crippen LogP contribution in [-0.4, -0.2) is 24.5 Å². The molecule has 1 unspecified atom stereocenters. The fourth-order valence-electron chi connectivity index (χ4n) is 2.78. The zero-order valence-corrected chi connectivity index (χ0v) is 18.3. The summed E-state index contributed by atoms with van der Waals surface area (Å²) in [4.78, 5) is 16.8. The second kappa shape index (κ2) is 8.89. The predicted molar refractivity (Wildman–Crippen MR) is 117 cm³/mol. The van der Waals surface area contributed by atoms with Gasteiger partial charge >= 0.3 is 0 Å². The van der Waals surface area contributed by atoms with E-state index in [0.717, 1.165) is 11.3 Å². The molecule has 11 heteroatoms. The van der Waals surface area contributed by atoms with E-state index in [-0.39, 0.29) is 21.7 Å². The van der Waals surface area contributed by atoms with Crippen LogP contribution in [0.3, 0.4) is 0 Å². The number of carbonyl (C=O) groups is 1. The van der Waals surface area contributed by atoms with Gasteiger partial charge in [-0.2, -0.15) is 4.98 Å². The van der Waals surface area contributed by atoms with Gasteiger partial charge in [-0.15, -0.1) is 11.3 Å². The SMILES string of the molecule is CC(NC(=O)c1ccc(NS(=O)(=O)c2cccs2)cc1)c1nc(-c2ccc(F)cc2)no1. The highest BCUT2D eigenvalue weighted by Gasteiger charge is 2.19. The number of anilines is 1. The number of aromatic nitrogens is 2. The molecule has 8 nitrogen and oxygen atoms in total. The normalized spacial score (nSPS) is 12.3. The van der Waals surface area contributed by atoms with Crippen LogP contribution in [0.15, 0.2) is 74.8 Å². The molecule has 2 aromatic carbocycles. The number of thiophene rings is 1. The molecule has 0 fully saturated rings. The Labute approximate surface area is 187 Å². The van der Waals surface area contributed by atoms with Crippen molar-refractivity contribution in [2.24, 2.45) is 0 Å². The van der Waals surface area contributed by atoms with Gasteiger partial charge in [-0.1, -0.05) is 11.2 Å². The Kier molecular flexibility index (Phi) is 6.01. The van der Waals surface area contributed by atoms with Gasteiger partial charge in [0.05, 0.1) is 0 Å². The Morgan fingerprint density at radius 1 is 1.09 bits per heavy atom. The van der Waals surface area contributed by atoms with Gasteiger partial charge in [0.2, 0.25) is 11.7 Å². The number of hydrogen-bond acceptors (Lipinski definition) is 7. The van der Waals surface area contributed by atoms with Crippen molar-refractivity contribution < 1.29 is 22.1 Å². The molecule has 0 aliphatic heterocycles. The van der Waals surface area contributed by atoms with E-state index in [1.54, 1.807) is 18.4 Å². The van der Waals surface area contributed by atoms with Crippen LogP contribution in [0.5, 0.6) is 0 Å². The Hall–Kier alpha value is -3.57. The lowest BCUT2D eigenvalue weighted by molar-refractivity contribution is 0.0932. The molecular weight excluding hydrogens is 455 g/mol. The number of hydrogen-bond donors (Lipinski definition) is 2. The maximum atomic E-state index is 13.1. The van der Waals surface area contributed by atoms with Crippen molar-refractivity contribution in [3.63, 3.8) is 0 Å². The van der Waals surface area contributed by atoms with Gasteiger partial charge in [0.15, 0.2) is 0 Å². The molecule has 4 rings (SSSR count). The largest absolute Gasteiger partial charge is 0.341 e. The number of halogens is 1. The van der Waals surface area contributed by atoms with Crippen LogP contribution >= 0.6 is 11.3 Å². The van der Waals surface area contributed by atoms with Gasteiger partial charge in [-0.3, -0.25) is 9.52 Å². The smallest absolute Gasteiger partial charge is 0.271 e. The minimum absolute atomic E-state index is 0.193. The molecule has 1 amide bonds. The molecule has 0 aliphatic carbocycles. The molecule has 32 heavy (non-hydrogen) atoms. The van der Waals surface area contributed by atoms with Crippen molar-refractivity contribution in [2.75, 3.05) is 4.72 Å². The van der Waals surface area contributed by atoms with E-state index in [9.17, 15) is 17.6 Å². The molecule has 2 aromatic heterocycles. The Bertz CT molecular complexity index is 1320. The zero-order chi connectivity index (χ0) is 22.7. The molecule has 164 valence electrons. The van der Waals surface area contributed by atoms with Crippen molar-refractivity contribution in [2.45, 2.75) is 17.2 Å². The summed E-state index contributed by atoms with van der Waals surface area (Å²) in [5.74, 6) is -0.295. The third-order valence-corrected chi connectivity index (χ3v) is 7.20. The molecule has 1 atom stereocenters. The van der Waals surface area contributed by atoms with Crippen molar-refractivity contribution in [1.82, 2.24) is 15.5 Å². The van der Waals surface area contributed by atoms with Gasteiger partial charge < -0.3 is 9.84 Å². The molecule has 0 bridgehead atoms. The molecule has 2 N–H and O–H groups in total. The van der Waals surface area contributed by atoms with Crippen LogP contribution in [0.4, 0.5) is 10.1 Å². The third-order valence-electron chi connectivity index (χ3n) is 4.42. The van der Waals surface area contributed by atoms with Crippen molar-refractivity contribution in [3.8, 4) is 11.4 Å². The van der Waals surface area contributed by atoms with Gasteiger partial charge in [-0.05, 0) is 66.9 Å². The quantitative estimate of drug-likeness (QED) is 0.416. The first-order chi connectivity index (χ1) is 15.3. The van der Waals surface area contributed by atoms with Crippen molar-refractivity contribution >= 4 is 33.0 Å².